The Labute approximate surface area is 65.1 Å². The summed E-state index contributed by atoms with van der Waals surface area (Å²) < 4.78 is 0. The molecule has 11 heavy (non-hydrogen) atoms. The molecule has 0 saturated carbocycles. The first-order chi connectivity index (χ1) is 4.95. The maximum absolute atomic E-state index is 10.9. The lowest BCUT2D eigenvalue weighted by Gasteiger charge is -2.12. The van der Waals surface area contributed by atoms with Gasteiger partial charge in [0.25, 0.3) is 0 Å². The number of hydrogen-bond donors (Lipinski definition) is 3. The largest absolute Gasteiger partial charge is 0.351 e. The number of nitrogens with one attached hydrogen (secondary N) is 1. The molecule has 5 N–H and O–H groups in total. The van der Waals surface area contributed by atoms with E-state index in [0.717, 1.165) is 0 Å². The molecule has 0 radical (unpaired) electrons. The minimum Gasteiger partial charge on any atom is -0.351 e. The molecule has 0 aromatic heterocycles. The fraction of sp³-hybridized carbons (Fsp3) is 0.667. The van der Waals surface area contributed by atoms with Gasteiger partial charge in [-0.05, 0) is 5.92 Å². The topological polar surface area (TPSA) is 98.2 Å². The van der Waals surface area contributed by atoms with E-state index in [1.807, 2.05) is 5.32 Å². The summed E-state index contributed by atoms with van der Waals surface area (Å²) >= 11 is 0. The van der Waals surface area contributed by atoms with Crippen molar-refractivity contribution in [1.82, 2.24) is 5.32 Å². The van der Waals surface area contributed by atoms with Crippen LogP contribution in [0.2, 0.25) is 0 Å². The van der Waals surface area contributed by atoms with Gasteiger partial charge in [0, 0.05) is 0 Å². The first-order valence-electron chi connectivity index (χ1n) is 3.31. The van der Waals surface area contributed by atoms with Gasteiger partial charge >= 0.3 is 6.03 Å². The van der Waals surface area contributed by atoms with Crippen molar-refractivity contribution in [2.24, 2.45) is 17.4 Å². The lowest BCUT2D eigenvalue weighted by molar-refractivity contribution is -0.122. The molecule has 0 aliphatic heterocycles. The van der Waals surface area contributed by atoms with Crippen molar-refractivity contribution in [2.45, 2.75) is 19.9 Å². The molecule has 0 rings (SSSR count). The van der Waals surface area contributed by atoms with Gasteiger partial charge in [-0.2, -0.15) is 0 Å². The summed E-state index contributed by atoms with van der Waals surface area (Å²) in [5.74, 6) is -0.540. The highest BCUT2D eigenvalue weighted by atomic mass is 16.2. The zero-order chi connectivity index (χ0) is 9.02. The number of urea groups is 1. The third-order valence-electron chi connectivity index (χ3n) is 1.27. The van der Waals surface area contributed by atoms with Gasteiger partial charge < -0.3 is 11.5 Å². The Hall–Kier alpha value is -1.10. The van der Waals surface area contributed by atoms with Gasteiger partial charge in [0.05, 0.1) is 6.04 Å². The molecule has 1 unspecified atom stereocenters. The molecule has 0 aromatic carbocycles. The predicted molar refractivity (Wildman–Crippen MR) is 40.5 cm³/mol. The van der Waals surface area contributed by atoms with Crippen LogP contribution < -0.4 is 16.8 Å². The fourth-order valence-electron chi connectivity index (χ4n) is 0.508. The van der Waals surface area contributed by atoms with Crippen LogP contribution in [0.25, 0.3) is 0 Å². The highest BCUT2D eigenvalue weighted by Gasteiger charge is 2.17. The van der Waals surface area contributed by atoms with E-state index in [2.05, 4.69) is 0 Å². The predicted octanol–water partition coefficient (Wildman–Crippen LogP) is -0.835. The second-order valence-corrected chi connectivity index (χ2v) is 2.62. The number of amides is 3. The normalized spacial score (nSPS) is 12.7. The standard InChI is InChI=1S/C6H13N3O2/c1-3(2)4(7)5(10)9-6(8)11/h3-4H,7H2,1-2H3,(H3,8,9,10,11). The Kier molecular flexibility index (Phi) is 3.53. The molecule has 5 heteroatoms. The summed E-state index contributed by atoms with van der Waals surface area (Å²) in [6.45, 7) is 3.57. The summed E-state index contributed by atoms with van der Waals surface area (Å²) in [4.78, 5) is 21.0. The third-order valence-corrected chi connectivity index (χ3v) is 1.27. The maximum Gasteiger partial charge on any atom is 0.318 e. The molecule has 0 aliphatic rings. The van der Waals surface area contributed by atoms with Crippen LogP contribution in [0.4, 0.5) is 4.79 Å². The van der Waals surface area contributed by atoms with Gasteiger partial charge in [-0.1, -0.05) is 13.8 Å². The van der Waals surface area contributed by atoms with Gasteiger partial charge in [-0.25, -0.2) is 4.79 Å². The Morgan fingerprint density at radius 1 is 1.36 bits per heavy atom. The second kappa shape index (κ2) is 3.92. The minimum atomic E-state index is -0.869. The van der Waals surface area contributed by atoms with Gasteiger partial charge in [0.2, 0.25) is 5.91 Å². The van der Waals surface area contributed by atoms with E-state index < -0.39 is 18.0 Å². The number of hydrogen-bond acceptors (Lipinski definition) is 3. The van der Waals surface area contributed by atoms with Gasteiger partial charge in [-0.15, -0.1) is 0 Å². The van der Waals surface area contributed by atoms with Crippen molar-refractivity contribution in [3.8, 4) is 0 Å². The molecular weight excluding hydrogens is 146 g/mol. The summed E-state index contributed by atoms with van der Waals surface area (Å²) in [5.41, 5.74) is 10.1. The molecule has 5 nitrogen and oxygen atoms in total. The van der Waals surface area contributed by atoms with Crippen LogP contribution in [0.15, 0.2) is 0 Å². The second-order valence-electron chi connectivity index (χ2n) is 2.62. The zero-order valence-corrected chi connectivity index (χ0v) is 6.63. The number of nitrogens with two attached hydrogens (primary N) is 2. The molecule has 0 heterocycles. The SMILES string of the molecule is CC(C)C(N)C(=O)NC(N)=O. The van der Waals surface area contributed by atoms with Crippen LogP contribution in [0.5, 0.6) is 0 Å². The molecule has 3 amide bonds. The quantitative estimate of drug-likeness (QED) is 0.490. The van der Waals surface area contributed by atoms with Crippen molar-refractivity contribution < 1.29 is 9.59 Å². The summed E-state index contributed by atoms with van der Waals surface area (Å²) in [7, 11) is 0. The molecule has 1 atom stereocenters. The van der Waals surface area contributed by atoms with E-state index in [1.165, 1.54) is 0 Å². The smallest absolute Gasteiger partial charge is 0.318 e. The molecule has 0 fully saturated rings. The first kappa shape index (κ1) is 9.90. The highest BCUT2D eigenvalue weighted by Crippen LogP contribution is 1.96. The van der Waals surface area contributed by atoms with Crippen LogP contribution in [-0.4, -0.2) is 18.0 Å². The van der Waals surface area contributed by atoms with Gasteiger partial charge in [0.1, 0.15) is 0 Å². The Balaban J connectivity index is 3.93. The van der Waals surface area contributed by atoms with Crippen LogP contribution in [-0.2, 0) is 4.79 Å². The van der Waals surface area contributed by atoms with E-state index in [0.29, 0.717) is 0 Å². The van der Waals surface area contributed by atoms with E-state index in [9.17, 15) is 9.59 Å². The van der Waals surface area contributed by atoms with E-state index in [1.54, 1.807) is 13.8 Å². The molecule has 0 bridgehead atoms. The monoisotopic (exact) mass is 159 g/mol. The number of imide groups is 1. The lowest BCUT2D eigenvalue weighted by atomic mass is 10.1. The van der Waals surface area contributed by atoms with Crippen molar-refractivity contribution >= 4 is 11.9 Å². The molecule has 0 aliphatic carbocycles. The number of rotatable bonds is 2. The van der Waals surface area contributed by atoms with Gasteiger partial charge in [0.15, 0.2) is 0 Å². The number of carbonyl (C=O) groups excluding carboxylic acids is 2. The van der Waals surface area contributed by atoms with Crippen molar-refractivity contribution in [3.63, 3.8) is 0 Å². The molecule has 0 aromatic rings. The van der Waals surface area contributed by atoms with E-state index in [-0.39, 0.29) is 5.92 Å². The average Bonchev–Trinajstić information content (AvgIpc) is 1.84. The zero-order valence-electron chi connectivity index (χ0n) is 6.63. The van der Waals surface area contributed by atoms with Crippen LogP contribution >= 0.6 is 0 Å². The molecule has 0 spiro atoms. The van der Waals surface area contributed by atoms with Crippen molar-refractivity contribution in [1.29, 1.82) is 0 Å². The van der Waals surface area contributed by atoms with Crippen LogP contribution in [0.3, 0.4) is 0 Å². The third kappa shape index (κ3) is 3.57. The Morgan fingerprint density at radius 3 is 2.09 bits per heavy atom. The van der Waals surface area contributed by atoms with Gasteiger partial charge in [-0.3, -0.25) is 10.1 Å². The fourth-order valence-corrected chi connectivity index (χ4v) is 0.508. The Bertz CT molecular complexity index is 167. The number of carbonyl (C=O) groups is 2. The molecular formula is C6H13N3O2. The van der Waals surface area contributed by atoms with Crippen molar-refractivity contribution in [2.75, 3.05) is 0 Å². The maximum atomic E-state index is 10.9. The lowest BCUT2D eigenvalue weighted by Crippen LogP contribution is -2.47. The van der Waals surface area contributed by atoms with Crippen molar-refractivity contribution in [3.05, 3.63) is 0 Å². The van der Waals surface area contributed by atoms with Crippen LogP contribution in [0.1, 0.15) is 13.8 Å². The number of primary amides is 1. The van der Waals surface area contributed by atoms with E-state index >= 15 is 0 Å². The average molecular weight is 159 g/mol. The Morgan fingerprint density at radius 2 is 1.82 bits per heavy atom. The summed E-state index contributed by atoms with van der Waals surface area (Å²) in [5, 5.41) is 1.90. The van der Waals surface area contributed by atoms with E-state index in [4.69, 9.17) is 11.5 Å². The summed E-state index contributed by atoms with van der Waals surface area (Å²) in [6, 6.07) is -1.55. The first-order valence-corrected chi connectivity index (χ1v) is 3.31. The molecule has 64 valence electrons. The molecule has 0 saturated heterocycles. The van der Waals surface area contributed by atoms with Crippen LogP contribution in [0, 0.1) is 5.92 Å². The highest BCUT2D eigenvalue weighted by molar-refractivity contribution is 5.96. The summed E-state index contributed by atoms with van der Waals surface area (Å²) in [6.07, 6.45) is 0. The minimum absolute atomic E-state index is 0.00523.